The molecule has 0 saturated carbocycles. The summed E-state index contributed by atoms with van der Waals surface area (Å²) in [4.78, 5) is 12.2. The Labute approximate surface area is 128 Å². The number of hydrogen-bond donors (Lipinski definition) is 2. The monoisotopic (exact) mass is 298 g/mol. The largest absolute Gasteiger partial charge is 0.346 e. The summed E-state index contributed by atoms with van der Waals surface area (Å²) in [6.07, 6.45) is 1.86. The van der Waals surface area contributed by atoms with Crippen LogP contribution in [0.25, 0.3) is 0 Å². The molecule has 1 amide bonds. The average Bonchev–Trinajstić information content (AvgIpc) is 2.37. The van der Waals surface area contributed by atoms with Gasteiger partial charge in [-0.25, -0.2) is 0 Å². The Hall–Kier alpha value is -1.06. The lowest BCUT2D eigenvalue weighted by molar-refractivity contribution is 0.0898. The number of carbonyl (C=O) groups excluding carboxylic acids is 1. The van der Waals surface area contributed by atoms with E-state index in [0.29, 0.717) is 18.0 Å². The molecule has 1 rings (SSSR count). The van der Waals surface area contributed by atoms with Crippen LogP contribution in [0.15, 0.2) is 24.3 Å². The van der Waals surface area contributed by atoms with Gasteiger partial charge in [0.2, 0.25) is 0 Å². The van der Waals surface area contributed by atoms with Gasteiger partial charge in [-0.2, -0.15) is 0 Å². The van der Waals surface area contributed by atoms with Crippen LogP contribution in [-0.4, -0.2) is 18.0 Å². The molecule has 0 aromatic heterocycles. The van der Waals surface area contributed by atoms with E-state index in [4.69, 9.17) is 5.73 Å². The molecule has 114 valence electrons. The van der Waals surface area contributed by atoms with Crippen molar-refractivity contribution in [3.63, 3.8) is 0 Å². The molecule has 1 atom stereocenters. The first-order valence-electron chi connectivity index (χ1n) is 7.01. The standard InChI is InChI=1S/C16H26N2O.ClH/c1-5-13-6-8-14(9-7-13)15(19)18-16(4,11-17)10-12(2)3;/h6-9,12H,5,10-11,17H2,1-4H3,(H,18,19);1H. The molecule has 0 saturated heterocycles. The minimum absolute atomic E-state index is 0. The number of aryl methyl sites for hydroxylation is 1. The first-order chi connectivity index (χ1) is 8.90. The van der Waals surface area contributed by atoms with Crippen molar-refractivity contribution in [2.75, 3.05) is 6.54 Å². The third kappa shape index (κ3) is 5.51. The highest BCUT2D eigenvalue weighted by Gasteiger charge is 2.26. The topological polar surface area (TPSA) is 55.1 Å². The molecule has 4 heteroatoms. The van der Waals surface area contributed by atoms with E-state index < -0.39 is 0 Å². The molecule has 1 aromatic rings. The molecule has 0 spiro atoms. The van der Waals surface area contributed by atoms with E-state index in [1.165, 1.54) is 5.56 Å². The summed E-state index contributed by atoms with van der Waals surface area (Å²) in [7, 11) is 0. The molecular weight excluding hydrogens is 272 g/mol. The molecule has 0 aliphatic rings. The lowest BCUT2D eigenvalue weighted by Gasteiger charge is -2.31. The molecule has 0 bridgehead atoms. The van der Waals surface area contributed by atoms with Crippen LogP contribution < -0.4 is 11.1 Å². The van der Waals surface area contributed by atoms with Gasteiger partial charge in [0.1, 0.15) is 0 Å². The number of nitrogens with two attached hydrogens (primary N) is 1. The number of nitrogens with one attached hydrogen (secondary N) is 1. The fourth-order valence-electron chi connectivity index (χ4n) is 2.32. The Bertz CT molecular complexity index is 417. The predicted octanol–water partition coefficient (Wildman–Crippen LogP) is 3.16. The smallest absolute Gasteiger partial charge is 0.251 e. The summed E-state index contributed by atoms with van der Waals surface area (Å²) in [6.45, 7) is 8.82. The number of amides is 1. The summed E-state index contributed by atoms with van der Waals surface area (Å²) in [5, 5.41) is 3.06. The second kappa shape index (κ2) is 8.28. The molecule has 1 aromatic carbocycles. The van der Waals surface area contributed by atoms with Crippen LogP contribution in [0.5, 0.6) is 0 Å². The Morgan fingerprint density at radius 2 is 1.85 bits per heavy atom. The Morgan fingerprint density at radius 1 is 1.30 bits per heavy atom. The molecule has 3 nitrogen and oxygen atoms in total. The number of carbonyl (C=O) groups is 1. The van der Waals surface area contributed by atoms with Gasteiger partial charge in [-0.05, 0) is 43.4 Å². The third-order valence-electron chi connectivity index (χ3n) is 3.35. The summed E-state index contributed by atoms with van der Waals surface area (Å²) in [5.74, 6) is 0.451. The predicted molar refractivity (Wildman–Crippen MR) is 87.4 cm³/mol. The van der Waals surface area contributed by atoms with Crippen molar-refractivity contribution in [2.24, 2.45) is 11.7 Å². The van der Waals surface area contributed by atoms with Crippen LogP contribution in [0, 0.1) is 5.92 Å². The quantitative estimate of drug-likeness (QED) is 0.847. The third-order valence-corrected chi connectivity index (χ3v) is 3.35. The van der Waals surface area contributed by atoms with Crippen LogP contribution in [-0.2, 0) is 6.42 Å². The van der Waals surface area contributed by atoms with E-state index in [1.54, 1.807) is 0 Å². The molecule has 0 aliphatic carbocycles. The molecule has 1 unspecified atom stereocenters. The SMILES string of the molecule is CCc1ccc(C(=O)NC(C)(CN)CC(C)C)cc1.Cl. The van der Waals surface area contributed by atoms with Crippen molar-refractivity contribution >= 4 is 18.3 Å². The fourth-order valence-corrected chi connectivity index (χ4v) is 2.32. The summed E-state index contributed by atoms with van der Waals surface area (Å²) < 4.78 is 0. The minimum Gasteiger partial charge on any atom is -0.346 e. The second-order valence-electron chi connectivity index (χ2n) is 5.87. The maximum Gasteiger partial charge on any atom is 0.251 e. The maximum atomic E-state index is 12.2. The van der Waals surface area contributed by atoms with E-state index in [1.807, 2.05) is 31.2 Å². The van der Waals surface area contributed by atoms with Gasteiger partial charge in [0, 0.05) is 17.6 Å². The van der Waals surface area contributed by atoms with Crippen molar-refractivity contribution in [3.8, 4) is 0 Å². The van der Waals surface area contributed by atoms with E-state index in [9.17, 15) is 4.79 Å². The van der Waals surface area contributed by atoms with Crippen LogP contribution >= 0.6 is 12.4 Å². The Kier molecular flexibility index (Phi) is 7.84. The van der Waals surface area contributed by atoms with Crippen LogP contribution in [0.1, 0.15) is 50.0 Å². The van der Waals surface area contributed by atoms with Crippen molar-refractivity contribution in [2.45, 2.75) is 46.1 Å². The van der Waals surface area contributed by atoms with Gasteiger partial charge in [0.25, 0.3) is 5.91 Å². The minimum atomic E-state index is -0.339. The molecule has 0 radical (unpaired) electrons. The van der Waals surface area contributed by atoms with Crippen LogP contribution in [0.4, 0.5) is 0 Å². The van der Waals surface area contributed by atoms with Gasteiger partial charge in [-0.1, -0.05) is 32.9 Å². The molecular formula is C16H27ClN2O. The van der Waals surface area contributed by atoms with Crippen LogP contribution in [0.3, 0.4) is 0 Å². The molecule has 0 fully saturated rings. The normalized spacial score (nSPS) is 13.5. The zero-order valence-corrected chi connectivity index (χ0v) is 13.7. The second-order valence-corrected chi connectivity index (χ2v) is 5.87. The highest BCUT2D eigenvalue weighted by atomic mass is 35.5. The molecule has 20 heavy (non-hydrogen) atoms. The molecule has 0 aliphatic heterocycles. The van der Waals surface area contributed by atoms with Gasteiger partial charge in [0.05, 0.1) is 0 Å². The molecule has 3 N–H and O–H groups in total. The van der Waals surface area contributed by atoms with Gasteiger partial charge >= 0.3 is 0 Å². The van der Waals surface area contributed by atoms with Gasteiger partial charge < -0.3 is 11.1 Å². The van der Waals surface area contributed by atoms with E-state index in [-0.39, 0.29) is 23.9 Å². The zero-order chi connectivity index (χ0) is 14.5. The number of hydrogen-bond acceptors (Lipinski definition) is 2. The van der Waals surface area contributed by atoms with Crippen molar-refractivity contribution in [1.29, 1.82) is 0 Å². The summed E-state index contributed by atoms with van der Waals surface area (Å²) >= 11 is 0. The summed E-state index contributed by atoms with van der Waals surface area (Å²) in [5.41, 5.74) is 7.41. The van der Waals surface area contributed by atoms with Gasteiger partial charge in [0.15, 0.2) is 0 Å². The Morgan fingerprint density at radius 3 is 2.25 bits per heavy atom. The lowest BCUT2D eigenvalue weighted by atomic mass is 9.90. The van der Waals surface area contributed by atoms with E-state index in [0.717, 1.165) is 12.8 Å². The van der Waals surface area contributed by atoms with Crippen molar-refractivity contribution < 1.29 is 4.79 Å². The Balaban J connectivity index is 0.00000361. The fraction of sp³-hybridized carbons (Fsp3) is 0.562. The first kappa shape index (κ1) is 18.9. The number of halogens is 1. The lowest BCUT2D eigenvalue weighted by Crippen LogP contribution is -2.52. The van der Waals surface area contributed by atoms with Gasteiger partial charge in [-0.15, -0.1) is 12.4 Å². The van der Waals surface area contributed by atoms with Crippen LogP contribution in [0.2, 0.25) is 0 Å². The van der Waals surface area contributed by atoms with Crippen molar-refractivity contribution in [1.82, 2.24) is 5.32 Å². The van der Waals surface area contributed by atoms with E-state index >= 15 is 0 Å². The zero-order valence-electron chi connectivity index (χ0n) is 12.9. The summed E-state index contributed by atoms with van der Waals surface area (Å²) in [6, 6.07) is 7.75. The maximum absolute atomic E-state index is 12.2. The highest BCUT2D eigenvalue weighted by molar-refractivity contribution is 5.94. The number of benzene rings is 1. The highest BCUT2D eigenvalue weighted by Crippen LogP contribution is 2.16. The van der Waals surface area contributed by atoms with E-state index in [2.05, 4.69) is 26.1 Å². The van der Waals surface area contributed by atoms with Gasteiger partial charge in [-0.3, -0.25) is 4.79 Å². The number of rotatable bonds is 6. The first-order valence-corrected chi connectivity index (χ1v) is 7.01. The average molecular weight is 299 g/mol. The molecule has 0 heterocycles. The van der Waals surface area contributed by atoms with Crippen molar-refractivity contribution in [3.05, 3.63) is 35.4 Å².